The molecule has 2 aromatic carbocycles. The van der Waals surface area contributed by atoms with Crippen LogP contribution in [0.3, 0.4) is 0 Å². The van der Waals surface area contributed by atoms with Crippen molar-refractivity contribution in [2.24, 2.45) is 0 Å². The minimum absolute atomic E-state index is 0.0857. The van der Waals surface area contributed by atoms with E-state index in [4.69, 9.17) is 4.74 Å². The first-order valence-electron chi connectivity index (χ1n) is 10.2. The van der Waals surface area contributed by atoms with Gasteiger partial charge in [0.05, 0.1) is 17.1 Å². The quantitative estimate of drug-likeness (QED) is 0.582. The minimum Gasteiger partial charge on any atom is -0.487 e. The van der Waals surface area contributed by atoms with Gasteiger partial charge in [-0.2, -0.15) is 0 Å². The van der Waals surface area contributed by atoms with E-state index in [1.54, 1.807) is 23.2 Å². The summed E-state index contributed by atoms with van der Waals surface area (Å²) in [5.74, 6) is 0.564. The van der Waals surface area contributed by atoms with E-state index in [1.807, 2.05) is 60.7 Å². The smallest absolute Gasteiger partial charge is 0.248 e. The Morgan fingerprint density at radius 2 is 1.87 bits per heavy atom. The Morgan fingerprint density at radius 3 is 2.61 bits per heavy atom. The van der Waals surface area contributed by atoms with Crippen molar-refractivity contribution in [1.29, 1.82) is 0 Å². The van der Waals surface area contributed by atoms with Crippen LogP contribution in [0.4, 0.5) is 11.4 Å². The van der Waals surface area contributed by atoms with Crippen molar-refractivity contribution >= 4 is 29.3 Å². The molecule has 1 aliphatic rings. The van der Waals surface area contributed by atoms with E-state index in [9.17, 15) is 9.59 Å². The van der Waals surface area contributed by atoms with Crippen LogP contribution >= 0.6 is 0 Å². The summed E-state index contributed by atoms with van der Waals surface area (Å²) in [6, 6.07) is 20.5. The van der Waals surface area contributed by atoms with E-state index in [1.165, 1.54) is 6.08 Å². The van der Waals surface area contributed by atoms with Crippen molar-refractivity contribution in [3.05, 3.63) is 90.3 Å². The summed E-state index contributed by atoms with van der Waals surface area (Å²) >= 11 is 0. The van der Waals surface area contributed by atoms with Crippen molar-refractivity contribution in [1.82, 2.24) is 4.98 Å². The summed E-state index contributed by atoms with van der Waals surface area (Å²) in [6.07, 6.45) is 6.33. The number of carbonyl (C=O) groups excluding carboxylic acids is 2. The third kappa shape index (κ3) is 5.36. The van der Waals surface area contributed by atoms with E-state index >= 15 is 0 Å². The van der Waals surface area contributed by atoms with Crippen LogP contribution in [0.5, 0.6) is 5.75 Å². The molecule has 1 N–H and O–H groups in total. The Labute approximate surface area is 181 Å². The maximum atomic E-state index is 12.4. The fourth-order valence-corrected chi connectivity index (χ4v) is 3.38. The molecule has 0 saturated carbocycles. The molecule has 1 aliphatic heterocycles. The molecule has 0 radical (unpaired) electrons. The van der Waals surface area contributed by atoms with Gasteiger partial charge in [0.15, 0.2) is 0 Å². The SMILES string of the molecule is O=C(/C=C/c1ccc(OCc2ccccn2)cc1)Nc1ccccc1N1CCCC1=O. The van der Waals surface area contributed by atoms with Crippen molar-refractivity contribution < 1.29 is 14.3 Å². The number of nitrogens with one attached hydrogen (secondary N) is 1. The molecule has 1 aromatic heterocycles. The number of aromatic nitrogens is 1. The fourth-order valence-electron chi connectivity index (χ4n) is 3.38. The molecule has 2 amide bonds. The molecule has 0 bridgehead atoms. The molecule has 0 spiro atoms. The lowest BCUT2D eigenvalue weighted by atomic mass is 10.2. The number of nitrogens with zero attached hydrogens (tertiary/aromatic N) is 2. The van der Waals surface area contributed by atoms with Crippen molar-refractivity contribution in [3.8, 4) is 5.75 Å². The zero-order valence-corrected chi connectivity index (χ0v) is 17.0. The molecule has 31 heavy (non-hydrogen) atoms. The van der Waals surface area contributed by atoms with Crippen LogP contribution in [-0.4, -0.2) is 23.3 Å². The predicted molar refractivity (Wildman–Crippen MR) is 121 cm³/mol. The molecule has 0 atom stereocenters. The largest absolute Gasteiger partial charge is 0.487 e. The highest BCUT2D eigenvalue weighted by Crippen LogP contribution is 2.29. The average Bonchev–Trinajstić information content (AvgIpc) is 3.24. The van der Waals surface area contributed by atoms with Crippen molar-refractivity contribution in [2.45, 2.75) is 19.4 Å². The van der Waals surface area contributed by atoms with Gasteiger partial charge in [0.25, 0.3) is 0 Å². The first-order valence-corrected chi connectivity index (χ1v) is 10.2. The van der Waals surface area contributed by atoms with Crippen LogP contribution < -0.4 is 15.0 Å². The van der Waals surface area contributed by atoms with Gasteiger partial charge < -0.3 is 15.0 Å². The summed E-state index contributed by atoms with van der Waals surface area (Å²) in [5.41, 5.74) is 3.11. The second kappa shape index (κ2) is 9.71. The molecule has 2 heterocycles. The second-order valence-corrected chi connectivity index (χ2v) is 7.17. The molecular formula is C25H23N3O3. The number of hydrogen-bond acceptors (Lipinski definition) is 4. The molecule has 6 nitrogen and oxygen atoms in total. The third-order valence-corrected chi connectivity index (χ3v) is 4.95. The number of para-hydroxylation sites is 2. The predicted octanol–water partition coefficient (Wildman–Crippen LogP) is 4.44. The number of pyridine rings is 1. The Bertz CT molecular complexity index is 1080. The van der Waals surface area contributed by atoms with Crippen LogP contribution in [0.1, 0.15) is 24.1 Å². The van der Waals surface area contributed by atoms with Crippen LogP contribution in [-0.2, 0) is 16.2 Å². The number of rotatable bonds is 7. The van der Waals surface area contributed by atoms with Gasteiger partial charge in [-0.25, -0.2) is 0 Å². The van der Waals surface area contributed by atoms with Crippen LogP contribution in [0.2, 0.25) is 0 Å². The highest BCUT2D eigenvalue weighted by molar-refractivity contribution is 6.06. The van der Waals surface area contributed by atoms with Crippen molar-refractivity contribution in [3.63, 3.8) is 0 Å². The van der Waals surface area contributed by atoms with Gasteiger partial charge in [-0.3, -0.25) is 14.6 Å². The van der Waals surface area contributed by atoms with Gasteiger partial charge in [0.2, 0.25) is 11.8 Å². The molecule has 4 rings (SSSR count). The number of benzene rings is 2. The molecular weight excluding hydrogens is 390 g/mol. The van der Waals surface area contributed by atoms with E-state index in [0.717, 1.165) is 29.1 Å². The van der Waals surface area contributed by atoms with E-state index in [0.29, 0.717) is 25.3 Å². The van der Waals surface area contributed by atoms with Crippen molar-refractivity contribution in [2.75, 3.05) is 16.8 Å². The van der Waals surface area contributed by atoms with Gasteiger partial charge in [-0.15, -0.1) is 0 Å². The Morgan fingerprint density at radius 1 is 1.06 bits per heavy atom. The van der Waals surface area contributed by atoms with E-state index in [2.05, 4.69) is 10.3 Å². The fraction of sp³-hybridized carbons (Fsp3) is 0.160. The normalized spacial score (nSPS) is 13.5. The maximum Gasteiger partial charge on any atom is 0.248 e. The summed E-state index contributed by atoms with van der Waals surface area (Å²) < 4.78 is 5.72. The Hall–Kier alpha value is -3.93. The van der Waals surface area contributed by atoms with Crippen LogP contribution in [0.25, 0.3) is 6.08 Å². The van der Waals surface area contributed by atoms with Gasteiger partial charge in [-0.05, 0) is 54.5 Å². The Kier molecular flexibility index (Phi) is 6.38. The summed E-state index contributed by atoms with van der Waals surface area (Å²) in [5, 5.41) is 2.88. The molecule has 6 heteroatoms. The molecule has 156 valence electrons. The highest BCUT2D eigenvalue weighted by atomic mass is 16.5. The summed E-state index contributed by atoms with van der Waals surface area (Å²) in [4.78, 5) is 30.4. The first-order chi connectivity index (χ1) is 15.2. The standard InChI is InChI=1S/C25H23N3O3/c29-24(27-22-7-1-2-8-23(22)28-17-5-9-25(28)30)15-12-19-10-13-21(14-11-19)31-18-20-6-3-4-16-26-20/h1-4,6-8,10-16H,5,9,17-18H2,(H,27,29)/b15-12+. The summed E-state index contributed by atoms with van der Waals surface area (Å²) in [6.45, 7) is 1.08. The summed E-state index contributed by atoms with van der Waals surface area (Å²) in [7, 11) is 0. The second-order valence-electron chi connectivity index (χ2n) is 7.17. The topological polar surface area (TPSA) is 71.5 Å². The zero-order chi connectivity index (χ0) is 21.5. The lowest BCUT2D eigenvalue weighted by Gasteiger charge is -2.19. The van der Waals surface area contributed by atoms with Crippen LogP contribution in [0, 0.1) is 0 Å². The highest BCUT2D eigenvalue weighted by Gasteiger charge is 2.23. The molecule has 1 saturated heterocycles. The van der Waals surface area contributed by atoms with E-state index < -0.39 is 0 Å². The number of carbonyl (C=O) groups is 2. The minimum atomic E-state index is -0.255. The number of amides is 2. The Balaban J connectivity index is 1.35. The van der Waals surface area contributed by atoms with E-state index in [-0.39, 0.29) is 11.8 Å². The van der Waals surface area contributed by atoms with Gasteiger partial charge in [-0.1, -0.05) is 30.3 Å². The molecule has 1 fully saturated rings. The van der Waals surface area contributed by atoms with Gasteiger partial charge in [0.1, 0.15) is 12.4 Å². The number of hydrogen-bond donors (Lipinski definition) is 1. The monoisotopic (exact) mass is 413 g/mol. The molecule has 0 aliphatic carbocycles. The molecule has 0 unspecified atom stereocenters. The lowest BCUT2D eigenvalue weighted by molar-refractivity contribution is -0.117. The molecule has 3 aromatic rings. The van der Waals surface area contributed by atoms with Gasteiger partial charge in [0, 0.05) is 25.2 Å². The number of anilines is 2. The third-order valence-electron chi connectivity index (χ3n) is 4.95. The van der Waals surface area contributed by atoms with Crippen LogP contribution in [0.15, 0.2) is 79.0 Å². The number of ether oxygens (including phenoxy) is 1. The maximum absolute atomic E-state index is 12.4. The van der Waals surface area contributed by atoms with Gasteiger partial charge >= 0.3 is 0 Å². The average molecular weight is 413 g/mol. The first kappa shape index (κ1) is 20.3. The zero-order valence-electron chi connectivity index (χ0n) is 17.0. The lowest BCUT2D eigenvalue weighted by Crippen LogP contribution is -2.25.